The molecule has 1 aliphatic rings. The second-order valence-corrected chi connectivity index (χ2v) is 4.76. The Morgan fingerprint density at radius 1 is 1.50 bits per heavy atom. The summed E-state index contributed by atoms with van der Waals surface area (Å²) in [4.78, 5) is 11.9. The molecule has 1 aromatic carbocycles. The van der Waals surface area contributed by atoms with E-state index in [0.717, 1.165) is 12.8 Å². The van der Waals surface area contributed by atoms with Crippen LogP contribution in [0.5, 0.6) is 11.5 Å². The maximum Gasteiger partial charge on any atom is 0.255 e. The number of ether oxygens (including phenoxy) is 1. The number of carbonyl (C=O) groups excluding carboxylic acids is 1. The van der Waals surface area contributed by atoms with E-state index in [2.05, 4.69) is 5.32 Å². The third-order valence-electron chi connectivity index (χ3n) is 3.18. The number of aromatic hydroxyl groups is 2. The number of nitrogens with one attached hydrogen (secondary N) is 1. The number of hydrogen-bond acceptors (Lipinski definition) is 4. The highest BCUT2D eigenvalue weighted by atomic mass is 16.5. The SMILES string of the molecule is CC1(CNC(=O)c2cccc(O)c2O)CCCO1. The molecule has 1 aliphatic heterocycles. The summed E-state index contributed by atoms with van der Waals surface area (Å²) in [5, 5.41) is 21.6. The summed E-state index contributed by atoms with van der Waals surface area (Å²) in [6.07, 6.45) is 1.89. The molecule has 1 fully saturated rings. The monoisotopic (exact) mass is 251 g/mol. The number of para-hydroxylation sites is 1. The standard InChI is InChI=1S/C13H17NO4/c1-13(6-3-7-18-13)8-14-12(17)9-4-2-5-10(15)11(9)16/h2,4-5,15-16H,3,6-8H2,1H3,(H,14,17). The number of carbonyl (C=O) groups is 1. The second-order valence-electron chi connectivity index (χ2n) is 4.76. The Hall–Kier alpha value is -1.75. The molecular formula is C13H17NO4. The van der Waals surface area contributed by atoms with Crippen LogP contribution >= 0.6 is 0 Å². The summed E-state index contributed by atoms with van der Waals surface area (Å²) in [5.41, 5.74) is -0.265. The van der Waals surface area contributed by atoms with Crippen LogP contribution in [0.15, 0.2) is 18.2 Å². The third-order valence-corrected chi connectivity index (χ3v) is 3.18. The quantitative estimate of drug-likeness (QED) is 0.709. The fourth-order valence-electron chi connectivity index (χ4n) is 2.05. The molecule has 1 heterocycles. The van der Waals surface area contributed by atoms with Gasteiger partial charge in [0.15, 0.2) is 11.5 Å². The number of phenolic OH excluding ortho intramolecular Hbond substituents is 2. The lowest BCUT2D eigenvalue weighted by Crippen LogP contribution is -2.40. The largest absolute Gasteiger partial charge is 0.504 e. The number of benzene rings is 1. The first-order valence-electron chi connectivity index (χ1n) is 5.95. The predicted molar refractivity (Wildman–Crippen MR) is 65.7 cm³/mol. The third kappa shape index (κ3) is 2.56. The van der Waals surface area contributed by atoms with Crippen LogP contribution in [0.4, 0.5) is 0 Å². The lowest BCUT2D eigenvalue weighted by molar-refractivity contribution is 0.0205. The van der Waals surface area contributed by atoms with E-state index in [0.29, 0.717) is 13.2 Å². The van der Waals surface area contributed by atoms with E-state index in [1.165, 1.54) is 18.2 Å². The molecule has 3 N–H and O–H groups in total. The summed E-state index contributed by atoms with van der Waals surface area (Å²) >= 11 is 0. The van der Waals surface area contributed by atoms with Gasteiger partial charge in [0.1, 0.15) is 0 Å². The summed E-state index contributed by atoms with van der Waals surface area (Å²) in [7, 11) is 0. The Kier molecular flexibility index (Phi) is 3.43. The molecule has 5 nitrogen and oxygen atoms in total. The minimum Gasteiger partial charge on any atom is -0.504 e. The van der Waals surface area contributed by atoms with Gasteiger partial charge >= 0.3 is 0 Å². The van der Waals surface area contributed by atoms with Crippen LogP contribution < -0.4 is 5.32 Å². The predicted octanol–water partition coefficient (Wildman–Crippen LogP) is 1.40. The molecule has 0 saturated carbocycles. The average Bonchev–Trinajstić information content (AvgIpc) is 2.77. The van der Waals surface area contributed by atoms with Crippen LogP contribution in [0.3, 0.4) is 0 Å². The highest BCUT2D eigenvalue weighted by Crippen LogP contribution is 2.28. The molecule has 0 radical (unpaired) electrons. The van der Waals surface area contributed by atoms with E-state index in [9.17, 15) is 15.0 Å². The highest BCUT2D eigenvalue weighted by molar-refractivity contribution is 5.97. The van der Waals surface area contributed by atoms with Crippen molar-refractivity contribution in [2.24, 2.45) is 0 Å². The van der Waals surface area contributed by atoms with Gasteiger partial charge < -0.3 is 20.3 Å². The van der Waals surface area contributed by atoms with Gasteiger partial charge in [-0.2, -0.15) is 0 Å². The lowest BCUT2D eigenvalue weighted by Gasteiger charge is -2.23. The van der Waals surface area contributed by atoms with Gasteiger partial charge in [-0.3, -0.25) is 4.79 Å². The van der Waals surface area contributed by atoms with Crippen LogP contribution in [0.1, 0.15) is 30.1 Å². The Morgan fingerprint density at radius 2 is 2.28 bits per heavy atom. The maximum atomic E-state index is 11.9. The summed E-state index contributed by atoms with van der Waals surface area (Å²) < 4.78 is 5.55. The van der Waals surface area contributed by atoms with Crippen molar-refractivity contribution < 1.29 is 19.7 Å². The maximum absolute atomic E-state index is 11.9. The van der Waals surface area contributed by atoms with Gasteiger partial charge in [0.25, 0.3) is 5.91 Å². The number of hydrogen-bond donors (Lipinski definition) is 3. The fourth-order valence-corrected chi connectivity index (χ4v) is 2.05. The Bertz CT molecular complexity index is 452. The van der Waals surface area contributed by atoms with Crippen LogP contribution in [0, 0.1) is 0 Å². The Morgan fingerprint density at radius 3 is 2.94 bits per heavy atom. The highest BCUT2D eigenvalue weighted by Gasteiger charge is 2.30. The number of amides is 1. The van der Waals surface area contributed by atoms with Crippen molar-refractivity contribution in [3.63, 3.8) is 0 Å². The van der Waals surface area contributed by atoms with Crippen molar-refractivity contribution >= 4 is 5.91 Å². The zero-order valence-corrected chi connectivity index (χ0v) is 10.3. The topological polar surface area (TPSA) is 78.8 Å². The minimum atomic E-state index is -0.417. The van der Waals surface area contributed by atoms with Crippen molar-refractivity contribution in [2.45, 2.75) is 25.4 Å². The second kappa shape index (κ2) is 4.86. The molecule has 0 spiro atoms. The molecule has 2 rings (SSSR count). The van der Waals surface area contributed by atoms with Crippen molar-refractivity contribution in [3.05, 3.63) is 23.8 Å². The van der Waals surface area contributed by atoms with Crippen molar-refractivity contribution in [1.82, 2.24) is 5.32 Å². The molecule has 5 heteroatoms. The zero-order valence-electron chi connectivity index (χ0n) is 10.3. The molecule has 98 valence electrons. The number of rotatable bonds is 3. The fraction of sp³-hybridized carbons (Fsp3) is 0.462. The average molecular weight is 251 g/mol. The van der Waals surface area contributed by atoms with Crippen molar-refractivity contribution in [1.29, 1.82) is 0 Å². The van der Waals surface area contributed by atoms with E-state index in [1.807, 2.05) is 6.92 Å². The molecule has 0 bridgehead atoms. The van der Waals surface area contributed by atoms with Gasteiger partial charge in [-0.1, -0.05) is 6.07 Å². The van der Waals surface area contributed by atoms with E-state index in [4.69, 9.17) is 4.74 Å². The molecule has 18 heavy (non-hydrogen) atoms. The van der Waals surface area contributed by atoms with Gasteiger partial charge in [-0.25, -0.2) is 0 Å². The first kappa shape index (κ1) is 12.7. The molecule has 0 aliphatic carbocycles. The zero-order chi connectivity index (χ0) is 13.2. The normalized spacial score (nSPS) is 22.9. The van der Waals surface area contributed by atoms with E-state index >= 15 is 0 Å². The van der Waals surface area contributed by atoms with Crippen LogP contribution in [0.2, 0.25) is 0 Å². The lowest BCUT2D eigenvalue weighted by atomic mass is 10.0. The molecule has 1 unspecified atom stereocenters. The first-order chi connectivity index (χ1) is 8.52. The van der Waals surface area contributed by atoms with Crippen molar-refractivity contribution in [3.8, 4) is 11.5 Å². The first-order valence-corrected chi connectivity index (χ1v) is 5.95. The molecular weight excluding hydrogens is 234 g/mol. The van der Waals surface area contributed by atoms with Crippen LogP contribution in [0.25, 0.3) is 0 Å². The van der Waals surface area contributed by atoms with E-state index < -0.39 is 11.7 Å². The van der Waals surface area contributed by atoms with Gasteiger partial charge in [-0.15, -0.1) is 0 Å². The number of phenols is 2. The van der Waals surface area contributed by atoms with Crippen LogP contribution in [-0.2, 0) is 4.74 Å². The molecule has 1 saturated heterocycles. The van der Waals surface area contributed by atoms with Crippen molar-refractivity contribution in [2.75, 3.05) is 13.2 Å². The Labute approximate surface area is 105 Å². The summed E-state index contributed by atoms with van der Waals surface area (Å²) in [5.74, 6) is -1.11. The Balaban J connectivity index is 2.01. The van der Waals surface area contributed by atoms with E-state index in [-0.39, 0.29) is 16.9 Å². The summed E-state index contributed by atoms with van der Waals surface area (Å²) in [6.45, 7) is 3.05. The molecule has 1 aromatic rings. The smallest absolute Gasteiger partial charge is 0.255 e. The summed E-state index contributed by atoms with van der Waals surface area (Å²) in [6, 6.07) is 4.30. The molecule has 0 aromatic heterocycles. The van der Waals surface area contributed by atoms with E-state index in [1.54, 1.807) is 0 Å². The minimum absolute atomic E-state index is 0.0663. The van der Waals surface area contributed by atoms with Gasteiger partial charge in [0.2, 0.25) is 0 Å². The molecule has 1 atom stereocenters. The molecule has 1 amide bonds. The van der Waals surface area contributed by atoms with Gasteiger partial charge in [-0.05, 0) is 31.9 Å². The van der Waals surface area contributed by atoms with Gasteiger partial charge in [0.05, 0.1) is 11.2 Å². The van der Waals surface area contributed by atoms with Crippen LogP contribution in [-0.4, -0.2) is 34.9 Å². The van der Waals surface area contributed by atoms with Gasteiger partial charge in [0, 0.05) is 13.2 Å².